The molecule has 1 aromatic heterocycles. The van der Waals surface area contributed by atoms with Crippen molar-refractivity contribution < 1.29 is 14.4 Å². The molecule has 18 heavy (non-hydrogen) atoms. The lowest BCUT2D eigenvalue weighted by Gasteiger charge is -2.18. The standard InChI is InChI=1S/C11H13FIN3O2/c1-11(2,3)10(17)16-9-8(13)6(4-15-18)7(12)5-14-9/h4-5,18H,1-3H3,(H,14,16,17)/b15-4-. The number of carbonyl (C=O) groups excluding carboxylic acids is 1. The molecule has 0 radical (unpaired) electrons. The van der Waals surface area contributed by atoms with Crippen LogP contribution in [0.3, 0.4) is 0 Å². The number of rotatable bonds is 2. The van der Waals surface area contributed by atoms with E-state index in [0.717, 1.165) is 12.4 Å². The fraction of sp³-hybridized carbons (Fsp3) is 0.364. The minimum Gasteiger partial charge on any atom is -0.411 e. The van der Waals surface area contributed by atoms with E-state index < -0.39 is 11.2 Å². The van der Waals surface area contributed by atoms with Gasteiger partial charge in [-0.25, -0.2) is 9.37 Å². The molecule has 0 fully saturated rings. The first-order chi connectivity index (χ1) is 8.27. The number of halogens is 2. The van der Waals surface area contributed by atoms with E-state index in [4.69, 9.17) is 5.21 Å². The summed E-state index contributed by atoms with van der Waals surface area (Å²) in [5, 5.41) is 13.9. The molecule has 0 saturated heterocycles. The van der Waals surface area contributed by atoms with Gasteiger partial charge in [-0.3, -0.25) is 4.79 Å². The highest BCUT2D eigenvalue weighted by molar-refractivity contribution is 14.1. The van der Waals surface area contributed by atoms with Crippen LogP contribution in [0.2, 0.25) is 0 Å². The maximum Gasteiger partial charge on any atom is 0.230 e. The molecular formula is C11H13FIN3O2. The molecular weight excluding hydrogens is 352 g/mol. The highest BCUT2D eigenvalue weighted by atomic mass is 127. The molecule has 0 aliphatic heterocycles. The Kier molecular flexibility index (Phi) is 4.60. The summed E-state index contributed by atoms with van der Waals surface area (Å²) in [5.41, 5.74) is -0.498. The zero-order valence-electron chi connectivity index (χ0n) is 10.2. The number of hydrogen-bond donors (Lipinski definition) is 2. The number of hydrogen-bond acceptors (Lipinski definition) is 4. The number of aromatic nitrogens is 1. The lowest BCUT2D eigenvalue weighted by molar-refractivity contribution is -0.123. The normalized spacial score (nSPS) is 11.8. The molecule has 1 rings (SSSR count). The molecule has 0 spiro atoms. The van der Waals surface area contributed by atoms with Crippen molar-refractivity contribution in [3.8, 4) is 0 Å². The van der Waals surface area contributed by atoms with Gasteiger partial charge in [-0.1, -0.05) is 25.9 Å². The Balaban J connectivity index is 3.13. The Morgan fingerprint density at radius 1 is 1.61 bits per heavy atom. The summed E-state index contributed by atoms with van der Waals surface area (Å²) >= 11 is 1.83. The summed E-state index contributed by atoms with van der Waals surface area (Å²) < 4.78 is 13.8. The average molecular weight is 365 g/mol. The maximum atomic E-state index is 13.4. The molecule has 0 unspecified atom stereocenters. The highest BCUT2D eigenvalue weighted by Gasteiger charge is 2.23. The van der Waals surface area contributed by atoms with Gasteiger partial charge in [0.05, 0.1) is 21.5 Å². The fourth-order valence-corrected chi connectivity index (χ4v) is 1.71. The molecule has 2 N–H and O–H groups in total. The number of carbonyl (C=O) groups is 1. The maximum absolute atomic E-state index is 13.4. The van der Waals surface area contributed by atoms with Crippen LogP contribution in [0.25, 0.3) is 0 Å². The third kappa shape index (κ3) is 3.37. The summed E-state index contributed by atoms with van der Waals surface area (Å²) in [7, 11) is 0. The zero-order valence-corrected chi connectivity index (χ0v) is 12.3. The van der Waals surface area contributed by atoms with E-state index in [2.05, 4.69) is 15.5 Å². The van der Waals surface area contributed by atoms with E-state index in [9.17, 15) is 9.18 Å². The summed E-state index contributed by atoms with van der Waals surface area (Å²) in [6.45, 7) is 5.28. The second-order valence-electron chi connectivity index (χ2n) is 4.63. The summed E-state index contributed by atoms with van der Waals surface area (Å²) in [5.74, 6) is -0.607. The van der Waals surface area contributed by atoms with Gasteiger partial charge < -0.3 is 10.5 Å². The van der Waals surface area contributed by atoms with Crippen molar-refractivity contribution in [1.82, 2.24) is 4.98 Å². The number of amides is 1. The first-order valence-electron chi connectivity index (χ1n) is 5.10. The minimum absolute atomic E-state index is 0.0808. The van der Waals surface area contributed by atoms with Crippen LogP contribution < -0.4 is 5.32 Å². The Hall–Kier alpha value is -1.25. The molecule has 1 heterocycles. The van der Waals surface area contributed by atoms with Crippen molar-refractivity contribution >= 4 is 40.5 Å². The van der Waals surface area contributed by atoms with Crippen molar-refractivity contribution in [3.63, 3.8) is 0 Å². The molecule has 1 aromatic rings. The van der Waals surface area contributed by atoms with Crippen LogP contribution in [0.15, 0.2) is 11.4 Å². The summed E-state index contributed by atoms with van der Waals surface area (Å²) in [6.07, 6.45) is 1.93. The Morgan fingerprint density at radius 3 is 2.72 bits per heavy atom. The molecule has 0 aliphatic carbocycles. The van der Waals surface area contributed by atoms with Crippen LogP contribution in [0.4, 0.5) is 10.2 Å². The molecule has 1 amide bonds. The van der Waals surface area contributed by atoms with E-state index >= 15 is 0 Å². The van der Waals surface area contributed by atoms with Gasteiger partial charge in [0.2, 0.25) is 5.91 Å². The molecule has 0 aliphatic rings. The number of nitrogens with zero attached hydrogens (tertiary/aromatic N) is 2. The van der Waals surface area contributed by atoms with Crippen LogP contribution in [0.1, 0.15) is 26.3 Å². The van der Waals surface area contributed by atoms with Crippen LogP contribution in [0.5, 0.6) is 0 Å². The largest absolute Gasteiger partial charge is 0.411 e. The molecule has 5 nitrogen and oxygen atoms in total. The third-order valence-corrected chi connectivity index (χ3v) is 3.20. The first-order valence-corrected chi connectivity index (χ1v) is 6.18. The monoisotopic (exact) mass is 365 g/mol. The Labute approximate surface area is 118 Å². The molecule has 0 aromatic carbocycles. The number of oxime groups is 1. The smallest absolute Gasteiger partial charge is 0.230 e. The van der Waals surface area contributed by atoms with Gasteiger partial charge in [0, 0.05) is 5.41 Å². The minimum atomic E-state index is -0.619. The van der Waals surface area contributed by atoms with Crippen LogP contribution in [-0.4, -0.2) is 22.3 Å². The van der Waals surface area contributed by atoms with Crippen molar-refractivity contribution in [2.45, 2.75) is 20.8 Å². The summed E-state index contributed by atoms with van der Waals surface area (Å²) in [6, 6.07) is 0. The lowest BCUT2D eigenvalue weighted by atomic mass is 9.96. The molecule has 0 saturated carbocycles. The zero-order chi connectivity index (χ0) is 13.9. The van der Waals surface area contributed by atoms with E-state index in [0.29, 0.717) is 3.57 Å². The molecule has 0 bridgehead atoms. The first kappa shape index (κ1) is 14.8. The Morgan fingerprint density at radius 2 is 2.22 bits per heavy atom. The van der Waals surface area contributed by atoms with Crippen LogP contribution in [0, 0.1) is 14.8 Å². The van der Waals surface area contributed by atoms with E-state index in [1.807, 2.05) is 22.6 Å². The lowest BCUT2D eigenvalue weighted by Crippen LogP contribution is -2.28. The van der Waals surface area contributed by atoms with Gasteiger partial charge in [-0.15, -0.1) is 0 Å². The molecule has 98 valence electrons. The van der Waals surface area contributed by atoms with Gasteiger partial charge in [0.15, 0.2) is 5.82 Å². The Bertz CT molecular complexity index is 498. The predicted octanol–water partition coefficient (Wildman–Crippen LogP) is 2.62. The quantitative estimate of drug-likeness (QED) is 0.366. The van der Waals surface area contributed by atoms with Crippen molar-refractivity contribution in [2.75, 3.05) is 5.32 Å². The SMILES string of the molecule is CC(C)(C)C(=O)Nc1ncc(F)c(/C=N\O)c1I. The van der Waals surface area contributed by atoms with Gasteiger partial charge >= 0.3 is 0 Å². The predicted molar refractivity (Wildman–Crippen MR) is 74.4 cm³/mol. The molecule has 7 heteroatoms. The summed E-state index contributed by atoms with van der Waals surface area (Å²) in [4.78, 5) is 15.6. The number of anilines is 1. The van der Waals surface area contributed by atoms with Gasteiger partial charge in [0.1, 0.15) is 5.82 Å². The number of pyridine rings is 1. The highest BCUT2D eigenvalue weighted by Crippen LogP contribution is 2.23. The molecule has 0 atom stereocenters. The van der Waals surface area contributed by atoms with Crippen molar-refractivity contribution in [3.05, 3.63) is 21.1 Å². The van der Waals surface area contributed by atoms with E-state index in [1.54, 1.807) is 20.8 Å². The third-order valence-electron chi connectivity index (χ3n) is 2.11. The number of nitrogens with one attached hydrogen (secondary N) is 1. The van der Waals surface area contributed by atoms with E-state index in [1.165, 1.54) is 0 Å². The second-order valence-corrected chi connectivity index (χ2v) is 5.71. The van der Waals surface area contributed by atoms with E-state index in [-0.39, 0.29) is 17.3 Å². The van der Waals surface area contributed by atoms with Crippen LogP contribution >= 0.6 is 22.6 Å². The van der Waals surface area contributed by atoms with Crippen molar-refractivity contribution in [2.24, 2.45) is 10.6 Å². The van der Waals surface area contributed by atoms with Crippen molar-refractivity contribution in [1.29, 1.82) is 0 Å². The van der Waals surface area contributed by atoms with Gasteiger partial charge in [-0.05, 0) is 22.6 Å². The average Bonchev–Trinajstić information content (AvgIpc) is 2.26. The topological polar surface area (TPSA) is 74.6 Å². The fourth-order valence-electron chi connectivity index (χ4n) is 1.04. The van der Waals surface area contributed by atoms with Crippen LogP contribution in [-0.2, 0) is 4.79 Å². The van der Waals surface area contributed by atoms with Gasteiger partial charge in [-0.2, -0.15) is 0 Å². The second kappa shape index (κ2) is 5.59. The van der Waals surface area contributed by atoms with Gasteiger partial charge in [0.25, 0.3) is 0 Å².